The van der Waals surface area contributed by atoms with E-state index in [-0.39, 0.29) is 11.2 Å². The second kappa shape index (κ2) is 14.3. The molecule has 0 saturated carbocycles. The number of rotatable bonds is 13. The molecule has 9 nitrogen and oxygen atoms in total. The van der Waals surface area contributed by atoms with Crippen LogP contribution in [0.3, 0.4) is 0 Å². The van der Waals surface area contributed by atoms with Gasteiger partial charge in [-0.25, -0.2) is 4.68 Å². The topological polar surface area (TPSA) is 86.5 Å². The quantitative estimate of drug-likeness (QED) is 0.0895. The fourth-order valence-corrected chi connectivity index (χ4v) is 7.89. The van der Waals surface area contributed by atoms with Gasteiger partial charge < -0.3 is 18.8 Å². The third-order valence-electron chi connectivity index (χ3n) is 9.47. The normalized spacial score (nSPS) is 16.7. The number of anilines is 1. The minimum atomic E-state index is -0.340. The van der Waals surface area contributed by atoms with Gasteiger partial charge in [0.2, 0.25) is 5.58 Å². The van der Waals surface area contributed by atoms with Crippen LogP contribution in [-0.2, 0) is 29.2 Å². The lowest BCUT2D eigenvalue weighted by Crippen LogP contribution is -2.35. The van der Waals surface area contributed by atoms with E-state index in [1.54, 1.807) is 23.6 Å². The van der Waals surface area contributed by atoms with Gasteiger partial charge in [0.25, 0.3) is 5.52 Å². The van der Waals surface area contributed by atoms with Crippen molar-refractivity contribution in [1.82, 2.24) is 15.0 Å². The smallest absolute Gasteiger partial charge is 0.374 e. The molecule has 2 aliphatic rings. The lowest BCUT2D eigenvalue weighted by Gasteiger charge is -2.30. The number of methoxy groups -OCH3 is 1. The third kappa shape index (κ3) is 6.60. The summed E-state index contributed by atoms with van der Waals surface area (Å²) in [6.07, 6.45) is 7.79. The highest BCUT2D eigenvalue weighted by atomic mass is 32.2. The predicted octanol–water partition coefficient (Wildman–Crippen LogP) is 8.32. The summed E-state index contributed by atoms with van der Waals surface area (Å²) in [7, 11) is 1.70. The average Bonchev–Trinajstić information content (AvgIpc) is 3.77. The number of carbonyl (C=O) groups is 1. The number of oxazole rings is 1. The first-order valence-corrected chi connectivity index (χ1v) is 18.5. The number of allylic oxidation sites excluding steroid dienone is 4. The number of aromatic nitrogens is 4. The second-order valence-electron chi connectivity index (χ2n) is 13.5. The summed E-state index contributed by atoms with van der Waals surface area (Å²) >= 11 is 1.59. The van der Waals surface area contributed by atoms with Gasteiger partial charge in [0.05, 0.1) is 24.8 Å². The van der Waals surface area contributed by atoms with Gasteiger partial charge in [-0.05, 0) is 54.8 Å². The maximum atomic E-state index is 14.3. The number of ether oxygens (including phenoxy) is 2. The van der Waals surface area contributed by atoms with E-state index >= 15 is 0 Å². The Kier molecular flexibility index (Phi) is 9.61. The van der Waals surface area contributed by atoms with Crippen LogP contribution in [0.4, 0.5) is 5.69 Å². The first-order chi connectivity index (χ1) is 24.7. The van der Waals surface area contributed by atoms with E-state index in [4.69, 9.17) is 13.9 Å². The molecular formula is C41H44N5O4S+. The van der Waals surface area contributed by atoms with Crippen LogP contribution in [0.1, 0.15) is 63.2 Å². The zero-order chi connectivity index (χ0) is 35.7. The largest absolute Gasteiger partial charge is 0.497 e. The SMILES string of the molecule is CCCN1C(=CC2=C(SCn3cc(C)nn3)C(=Cc3oc4cc(OCc5ccccc5)ccc4[n+]3CCC)C2=O)C(C)(C)c2cc(OC)ccc21. The van der Waals surface area contributed by atoms with Crippen molar-refractivity contribution < 1.29 is 23.3 Å². The summed E-state index contributed by atoms with van der Waals surface area (Å²) in [5, 5.41) is 8.43. The number of aryl methyl sites for hydroxylation is 2. The molecule has 7 rings (SSSR count). The molecule has 0 amide bonds. The number of carbonyl (C=O) groups excluding carboxylic acids is 1. The maximum absolute atomic E-state index is 14.3. The summed E-state index contributed by atoms with van der Waals surface area (Å²) in [5.41, 5.74) is 8.03. The number of thioether (sulfide) groups is 1. The number of ketones is 1. The third-order valence-corrected chi connectivity index (χ3v) is 10.6. The van der Waals surface area contributed by atoms with Gasteiger partial charge in [0.15, 0.2) is 12.3 Å². The molecule has 0 saturated heterocycles. The molecule has 3 aromatic carbocycles. The molecule has 0 atom stereocenters. The number of benzene rings is 3. The molecule has 51 heavy (non-hydrogen) atoms. The Morgan fingerprint density at radius 3 is 2.53 bits per heavy atom. The van der Waals surface area contributed by atoms with Crippen LogP contribution in [0.25, 0.3) is 17.2 Å². The minimum absolute atomic E-state index is 0.00376. The first-order valence-electron chi connectivity index (χ1n) is 17.5. The molecule has 0 radical (unpaired) electrons. The first kappa shape index (κ1) is 34.4. The van der Waals surface area contributed by atoms with Gasteiger partial charge >= 0.3 is 5.89 Å². The van der Waals surface area contributed by atoms with Gasteiger partial charge in [0.1, 0.15) is 18.1 Å². The zero-order valence-electron chi connectivity index (χ0n) is 30.1. The van der Waals surface area contributed by atoms with E-state index < -0.39 is 0 Å². The highest BCUT2D eigenvalue weighted by Crippen LogP contribution is 2.51. The van der Waals surface area contributed by atoms with E-state index in [0.717, 1.165) is 70.5 Å². The van der Waals surface area contributed by atoms with E-state index in [1.807, 2.05) is 73.8 Å². The Labute approximate surface area is 303 Å². The Bertz CT molecular complexity index is 2190. The Morgan fingerprint density at radius 1 is 1.00 bits per heavy atom. The molecule has 2 aromatic heterocycles. The van der Waals surface area contributed by atoms with Crippen LogP contribution in [-0.4, -0.2) is 34.4 Å². The lowest BCUT2D eigenvalue weighted by atomic mass is 9.81. The van der Waals surface area contributed by atoms with Crippen molar-refractivity contribution in [2.45, 2.75) is 71.9 Å². The summed E-state index contributed by atoms with van der Waals surface area (Å²) in [5.74, 6) is 2.69. The Balaban J connectivity index is 1.28. The fraction of sp³-hybridized carbons (Fsp3) is 0.317. The van der Waals surface area contributed by atoms with Crippen LogP contribution in [0.15, 0.2) is 105 Å². The van der Waals surface area contributed by atoms with E-state index in [9.17, 15) is 4.79 Å². The summed E-state index contributed by atoms with van der Waals surface area (Å²) in [6, 6.07) is 22.3. The number of hydrogen-bond acceptors (Lipinski definition) is 8. The van der Waals surface area contributed by atoms with Crippen molar-refractivity contribution >= 4 is 40.4 Å². The van der Waals surface area contributed by atoms with Gasteiger partial charge in [-0.3, -0.25) is 4.79 Å². The molecule has 10 heteroatoms. The molecule has 0 spiro atoms. The van der Waals surface area contributed by atoms with Crippen LogP contribution >= 0.6 is 11.8 Å². The van der Waals surface area contributed by atoms with E-state index in [1.165, 1.54) is 5.56 Å². The highest BCUT2D eigenvalue weighted by Gasteiger charge is 2.43. The van der Waals surface area contributed by atoms with Crippen molar-refractivity contribution in [2.24, 2.45) is 0 Å². The number of nitrogens with zero attached hydrogens (tertiary/aromatic N) is 5. The number of Topliss-reactive ketones (excluding diaryl/α,β-unsaturated/α-hetero) is 1. The van der Waals surface area contributed by atoms with Crippen LogP contribution < -0.4 is 18.9 Å². The van der Waals surface area contributed by atoms with Crippen molar-refractivity contribution in [3.63, 3.8) is 0 Å². The molecule has 0 unspecified atom stereocenters. The summed E-state index contributed by atoms with van der Waals surface area (Å²) < 4.78 is 22.1. The molecule has 0 fully saturated rings. The molecule has 1 aliphatic heterocycles. The number of fused-ring (bicyclic) bond motifs is 2. The molecule has 5 aromatic rings. The average molecular weight is 703 g/mol. The fourth-order valence-electron chi connectivity index (χ4n) is 6.88. The van der Waals surface area contributed by atoms with Gasteiger partial charge in [0, 0.05) is 64.1 Å². The van der Waals surface area contributed by atoms with Crippen LogP contribution in [0.5, 0.6) is 11.5 Å². The molecule has 0 bridgehead atoms. The van der Waals surface area contributed by atoms with Crippen molar-refractivity contribution in [3.8, 4) is 11.5 Å². The molecule has 3 heterocycles. The van der Waals surface area contributed by atoms with E-state index in [0.29, 0.717) is 35.1 Å². The maximum Gasteiger partial charge on any atom is 0.374 e. The van der Waals surface area contributed by atoms with Crippen LogP contribution in [0, 0.1) is 6.92 Å². The van der Waals surface area contributed by atoms with Crippen LogP contribution in [0.2, 0.25) is 0 Å². The molecule has 0 N–H and O–H groups in total. The Hall–Kier alpha value is -5.09. The summed E-state index contributed by atoms with van der Waals surface area (Å²) in [4.78, 5) is 17.5. The van der Waals surface area contributed by atoms with Gasteiger partial charge in [-0.2, -0.15) is 4.57 Å². The molecular weight excluding hydrogens is 659 g/mol. The standard InChI is InChI=1S/C41H44N5O4S/c1-7-18-45-34-16-14-29(48-6)20-33(34)41(4,5)37(45)22-31-39(47)32(40(31)51-26-44-24-27(3)42-43-44)23-38-46(19-8-2)35-17-15-30(21-36(35)50-38)49-25-28-12-10-9-11-13-28/h9-17,20-24H,7-8,18-19,25-26H2,1-6H3/q+1. The van der Waals surface area contributed by atoms with Crippen molar-refractivity contribution in [2.75, 3.05) is 18.6 Å². The molecule has 262 valence electrons. The number of hydrogen-bond donors (Lipinski definition) is 0. The summed E-state index contributed by atoms with van der Waals surface area (Å²) in [6.45, 7) is 12.7. The minimum Gasteiger partial charge on any atom is -0.497 e. The Morgan fingerprint density at radius 2 is 1.80 bits per heavy atom. The lowest BCUT2D eigenvalue weighted by molar-refractivity contribution is -0.678. The van der Waals surface area contributed by atoms with E-state index in [2.05, 4.69) is 65.7 Å². The van der Waals surface area contributed by atoms with Crippen molar-refractivity contribution in [3.05, 3.63) is 123 Å². The zero-order valence-corrected chi connectivity index (χ0v) is 30.9. The monoisotopic (exact) mass is 702 g/mol. The van der Waals surface area contributed by atoms with Gasteiger partial charge in [-0.1, -0.05) is 63.2 Å². The second-order valence-corrected chi connectivity index (χ2v) is 14.4. The van der Waals surface area contributed by atoms with Crippen molar-refractivity contribution in [1.29, 1.82) is 0 Å². The predicted molar refractivity (Wildman–Crippen MR) is 202 cm³/mol. The molecule has 1 aliphatic carbocycles. The highest BCUT2D eigenvalue weighted by molar-refractivity contribution is 8.02. The van der Waals surface area contributed by atoms with Gasteiger partial charge in [-0.15, -0.1) is 16.9 Å².